The van der Waals surface area contributed by atoms with E-state index in [9.17, 15) is 9.00 Å². The van der Waals surface area contributed by atoms with Gasteiger partial charge in [-0.3, -0.25) is 9.69 Å². The number of fused-ring (bicyclic) bond motifs is 2. The number of aryl methyl sites for hydroxylation is 1. The number of hydrogen-bond acceptors (Lipinski definition) is 9. The Hall–Kier alpha value is -3.87. The van der Waals surface area contributed by atoms with E-state index in [0.717, 1.165) is 38.4 Å². The van der Waals surface area contributed by atoms with Crippen molar-refractivity contribution in [2.24, 2.45) is 4.36 Å². The molecule has 5 heterocycles. The molecule has 0 aliphatic carbocycles. The zero-order valence-corrected chi connectivity index (χ0v) is 23.6. The molecule has 40 heavy (non-hydrogen) atoms. The largest absolute Gasteiger partial charge is 0.378 e. The fourth-order valence-corrected chi connectivity index (χ4v) is 5.86. The number of benzene rings is 1. The monoisotopic (exact) mass is 560 g/mol. The van der Waals surface area contributed by atoms with Crippen LogP contribution >= 0.6 is 0 Å². The van der Waals surface area contributed by atoms with Crippen molar-refractivity contribution < 1.29 is 8.95 Å². The number of hydrogen-bond donors (Lipinski definition) is 1. The lowest BCUT2D eigenvalue weighted by Crippen LogP contribution is -2.50. The summed E-state index contributed by atoms with van der Waals surface area (Å²) < 4.78 is 25.0. The van der Waals surface area contributed by atoms with Gasteiger partial charge in [0.25, 0.3) is 5.56 Å². The highest BCUT2D eigenvalue weighted by atomic mass is 32.2. The summed E-state index contributed by atoms with van der Waals surface area (Å²) in [6.07, 6.45) is 7.29. The number of anilines is 2. The predicted molar refractivity (Wildman–Crippen MR) is 156 cm³/mol. The second-order valence-corrected chi connectivity index (χ2v) is 13.1. The van der Waals surface area contributed by atoms with Crippen molar-refractivity contribution in [2.75, 3.05) is 37.6 Å². The molecule has 0 bridgehead atoms. The standard InChI is InChI=1S/C28H32N8O3S/c1-5-10-35-27(37)23-14-29-28(32-26(23)36(35)25-8-6-7-24(31-25)33-40(3,4)38)30-20-12-18(2)22-9-11-34(15-19(22)13-20)21-16-39-17-21/h5-8,12-14,21H,1,9-11,15-17H2,2-4H3,(H,29,30,32). The lowest BCUT2D eigenvalue weighted by atomic mass is 9.93. The Balaban J connectivity index is 1.40. The number of nitrogens with one attached hydrogen (secondary N) is 1. The summed E-state index contributed by atoms with van der Waals surface area (Å²) in [5.41, 5.74) is 4.95. The maximum atomic E-state index is 13.3. The van der Waals surface area contributed by atoms with Crippen molar-refractivity contribution in [3.8, 4) is 5.82 Å². The van der Waals surface area contributed by atoms with Crippen LogP contribution in [0.5, 0.6) is 0 Å². The molecule has 11 nitrogen and oxygen atoms in total. The van der Waals surface area contributed by atoms with E-state index in [1.54, 1.807) is 41.5 Å². The first-order valence-electron chi connectivity index (χ1n) is 13.2. The highest BCUT2D eigenvalue weighted by molar-refractivity contribution is 7.92. The minimum Gasteiger partial charge on any atom is -0.378 e. The first-order chi connectivity index (χ1) is 19.2. The van der Waals surface area contributed by atoms with E-state index in [1.807, 2.05) is 0 Å². The van der Waals surface area contributed by atoms with Gasteiger partial charge in [-0.1, -0.05) is 12.1 Å². The third-order valence-corrected chi connectivity index (χ3v) is 7.84. The molecular weight excluding hydrogens is 528 g/mol. The van der Waals surface area contributed by atoms with Gasteiger partial charge >= 0.3 is 0 Å². The third kappa shape index (κ3) is 5.05. The molecule has 3 aromatic heterocycles. The van der Waals surface area contributed by atoms with Gasteiger partial charge in [0.1, 0.15) is 5.39 Å². The fraction of sp³-hybridized carbons (Fsp3) is 0.357. The first-order valence-corrected chi connectivity index (χ1v) is 15.5. The molecular formula is C28H32N8O3S. The third-order valence-electron chi connectivity index (χ3n) is 7.21. The van der Waals surface area contributed by atoms with E-state index < -0.39 is 9.73 Å². The van der Waals surface area contributed by atoms with Crippen LogP contribution < -0.4 is 10.9 Å². The lowest BCUT2D eigenvalue weighted by molar-refractivity contribution is -0.0695. The maximum Gasteiger partial charge on any atom is 0.278 e. The van der Waals surface area contributed by atoms with E-state index in [-0.39, 0.29) is 12.1 Å². The van der Waals surface area contributed by atoms with Gasteiger partial charge < -0.3 is 10.1 Å². The molecule has 0 atom stereocenters. The van der Waals surface area contributed by atoms with Gasteiger partial charge in [-0.25, -0.2) is 23.5 Å². The Bertz CT molecular complexity index is 1810. The number of pyridine rings is 1. The summed E-state index contributed by atoms with van der Waals surface area (Å²) >= 11 is 0. The van der Waals surface area contributed by atoms with Gasteiger partial charge in [0.15, 0.2) is 17.3 Å². The summed E-state index contributed by atoms with van der Waals surface area (Å²) in [5, 5.41) is 3.71. The molecule has 4 aromatic rings. The van der Waals surface area contributed by atoms with Crippen molar-refractivity contribution in [1.29, 1.82) is 0 Å². The van der Waals surface area contributed by atoms with Crippen molar-refractivity contribution in [1.82, 2.24) is 29.2 Å². The van der Waals surface area contributed by atoms with Gasteiger partial charge in [0.05, 0.1) is 25.8 Å². The molecule has 1 saturated heterocycles. The van der Waals surface area contributed by atoms with Crippen LogP contribution in [0.1, 0.15) is 16.7 Å². The number of allylic oxidation sites excluding steroid dienone is 1. The lowest BCUT2D eigenvalue weighted by Gasteiger charge is -2.40. The topological polar surface area (TPSA) is 120 Å². The average Bonchev–Trinajstić information content (AvgIpc) is 3.13. The Labute approximate surface area is 232 Å². The van der Waals surface area contributed by atoms with Crippen LogP contribution in [0, 0.1) is 6.92 Å². The second kappa shape index (κ2) is 10.3. The SMILES string of the molecule is C=CCn1c(=O)c2cnc(Nc3cc(C)c4c(c3)CN(C3COC3)CC4)nc2n1-c1cccc(N=S(C)(C)=O)n1. The summed E-state index contributed by atoms with van der Waals surface area (Å²) in [4.78, 5) is 29.6. The molecule has 1 fully saturated rings. The quantitative estimate of drug-likeness (QED) is 0.342. The van der Waals surface area contributed by atoms with Gasteiger partial charge in [-0.2, -0.15) is 9.35 Å². The first kappa shape index (κ1) is 26.4. The van der Waals surface area contributed by atoms with Crippen LogP contribution in [0.4, 0.5) is 17.5 Å². The van der Waals surface area contributed by atoms with Crippen LogP contribution in [-0.4, -0.2) is 71.7 Å². The molecule has 1 aromatic carbocycles. The fourth-order valence-electron chi connectivity index (χ4n) is 5.30. The van der Waals surface area contributed by atoms with Crippen LogP contribution in [0.3, 0.4) is 0 Å². The highest BCUT2D eigenvalue weighted by Crippen LogP contribution is 2.30. The van der Waals surface area contributed by atoms with E-state index in [4.69, 9.17) is 9.72 Å². The number of rotatable bonds is 7. The van der Waals surface area contributed by atoms with Crippen molar-refractivity contribution in [2.45, 2.75) is 32.5 Å². The van der Waals surface area contributed by atoms with Crippen LogP contribution in [0.15, 0.2) is 58.3 Å². The summed E-state index contributed by atoms with van der Waals surface area (Å²) in [5.74, 6) is 1.10. The normalized spacial score (nSPS) is 16.0. The molecule has 0 unspecified atom stereocenters. The summed E-state index contributed by atoms with van der Waals surface area (Å²) in [7, 11) is -2.42. The highest BCUT2D eigenvalue weighted by Gasteiger charge is 2.29. The Morgan fingerprint density at radius 1 is 1.25 bits per heavy atom. The number of ether oxygens (including phenoxy) is 1. The minimum atomic E-state index is -2.42. The molecule has 0 spiro atoms. The number of nitrogens with zero attached hydrogens (tertiary/aromatic N) is 7. The van der Waals surface area contributed by atoms with Gasteiger partial charge in [-0.15, -0.1) is 6.58 Å². The average molecular weight is 561 g/mol. The Kier molecular flexibility index (Phi) is 6.77. The van der Waals surface area contributed by atoms with Crippen LogP contribution in [-0.2, 0) is 34.0 Å². The van der Waals surface area contributed by atoms with E-state index >= 15 is 0 Å². The molecule has 0 saturated carbocycles. The van der Waals surface area contributed by atoms with E-state index in [2.05, 4.69) is 50.2 Å². The van der Waals surface area contributed by atoms with Gasteiger partial charge in [0.2, 0.25) is 5.95 Å². The van der Waals surface area contributed by atoms with Crippen molar-refractivity contribution in [3.63, 3.8) is 0 Å². The molecule has 2 aliphatic heterocycles. The number of aromatic nitrogens is 5. The Morgan fingerprint density at radius 3 is 2.80 bits per heavy atom. The molecule has 6 rings (SSSR count). The smallest absolute Gasteiger partial charge is 0.278 e. The summed E-state index contributed by atoms with van der Waals surface area (Å²) in [6, 6.07) is 9.97. The van der Waals surface area contributed by atoms with Gasteiger partial charge in [0, 0.05) is 47.2 Å². The van der Waals surface area contributed by atoms with E-state index in [0.29, 0.717) is 34.7 Å². The maximum absolute atomic E-state index is 13.3. The molecule has 208 valence electrons. The van der Waals surface area contributed by atoms with Crippen molar-refractivity contribution in [3.05, 3.63) is 76.2 Å². The van der Waals surface area contributed by atoms with Crippen molar-refractivity contribution >= 4 is 38.2 Å². The van der Waals surface area contributed by atoms with E-state index in [1.165, 1.54) is 27.6 Å². The van der Waals surface area contributed by atoms with Crippen LogP contribution in [0.2, 0.25) is 0 Å². The zero-order chi connectivity index (χ0) is 28.0. The second-order valence-electron chi connectivity index (χ2n) is 10.5. The van der Waals surface area contributed by atoms with Crippen LogP contribution in [0.25, 0.3) is 16.9 Å². The summed E-state index contributed by atoms with van der Waals surface area (Å²) in [6.45, 7) is 9.71. The Morgan fingerprint density at radius 2 is 2.08 bits per heavy atom. The molecule has 12 heteroatoms. The minimum absolute atomic E-state index is 0.242. The molecule has 0 radical (unpaired) electrons. The molecule has 0 amide bonds. The molecule has 2 aliphatic rings. The zero-order valence-electron chi connectivity index (χ0n) is 22.8. The predicted octanol–water partition coefficient (Wildman–Crippen LogP) is 3.33. The van der Waals surface area contributed by atoms with Gasteiger partial charge in [-0.05, 0) is 54.3 Å². The molecule has 1 N–H and O–H groups in total.